The molecule has 0 radical (unpaired) electrons. The van der Waals surface area contributed by atoms with Gasteiger partial charge in [0.25, 0.3) is 0 Å². The topological polar surface area (TPSA) is 37.3 Å². The van der Waals surface area contributed by atoms with Crippen molar-refractivity contribution in [1.29, 1.82) is 0 Å². The fourth-order valence-corrected chi connectivity index (χ4v) is 1.54. The molecule has 0 aliphatic rings. The predicted molar refractivity (Wildman–Crippen MR) is 63.9 cm³/mol. The van der Waals surface area contributed by atoms with Crippen LogP contribution in [0.4, 0.5) is 0 Å². The Hall–Kier alpha value is -0.790. The van der Waals surface area contributed by atoms with Crippen molar-refractivity contribution in [3.05, 3.63) is 12.2 Å². The van der Waals surface area contributed by atoms with Crippen LogP contribution in [0.2, 0.25) is 0 Å². The van der Waals surface area contributed by atoms with Crippen LogP contribution in [0, 0.1) is 5.92 Å². The van der Waals surface area contributed by atoms with E-state index in [1.807, 2.05) is 13.0 Å². The quantitative estimate of drug-likeness (QED) is 0.463. The summed E-state index contributed by atoms with van der Waals surface area (Å²) in [6, 6.07) is 0. The molecule has 1 atom stereocenters. The van der Waals surface area contributed by atoms with Gasteiger partial charge in [0.2, 0.25) is 0 Å². The fourth-order valence-electron chi connectivity index (χ4n) is 1.54. The van der Waals surface area contributed by atoms with E-state index in [0.717, 1.165) is 6.42 Å². The first-order valence-corrected chi connectivity index (χ1v) is 6.05. The maximum Gasteiger partial charge on any atom is 0.303 e. The lowest BCUT2D eigenvalue weighted by atomic mass is 10.1. The molecule has 0 aliphatic heterocycles. The number of carboxylic acid groups (broad SMARTS) is 1. The molecule has 0 saturated carbocycles. The molecular weight excluding hydrogens is 188 g/mol. The van der Waals surface area contributed by atoms with Crippen LogP contribution in [-0.4, -0.2) is 11.1 Å². The monoisotopic (exact) mass is 212 g/mol. The lowest BCUT2D eigenvalue weighted by Crippen LogP contribution is -2.00. The molecule has 0 aliphatic carbocycles. The highest BCUT2D eigenvalue weighted by atomic mass is 16.4. The normalized spacial score (nSPS) is 13.2. The Kier molecular flexibility index (Phi) is 9.24. The van der Waals surface area contributed by atoms with Crippen molar-refractivity contribution in [3.63, 3.8) is 0 Å². The van der Waals surface area contributed by atoms with Crippen LogP contribution in [0.3, 0.4) is 0 Å². The number of allylic oxidation sites excluding steroid dienone is 2. The molecule has 2 heteroatoms. The number of unbranched alkanes of at least 4 members (excludes halogenated alkanes) is 5. The zero-order chi connectivity index (χ0) is 11.5. The van der Waals surface area contributed by atoms with E-state index in [1.54, 1.807) is 0 Å². The van der Waals surface area contributed by atoms with Crippen molar-refractivity contribution < 1.29 is 9.90 Å². The highest BCUT2D eigenvalue weighted by Crippen LogP contribution is 2.08. The summed E-state index contributed by atoms with van der Waals surface area (Å²) in [6.07, 6.45) is 12.0. The average Bonchev–Trinajstić information content (AvgIpc) is 2.15. The van der Waals surface area contributed by atoms with E-state index in [9.17, 15) is 4.79 Å². The molecule has 0 rings (SSSR count). The molecule has 0 spiro atoms. The van der Waals surface area contributed by atoms with Gasteiger partial charge in [0.15, 0.2) is 0 Å². The van der Waals surface area contributed by atoms with Crippen molar-refractivity contribution in [2.24, 2.45) is 5.92 Å². The summed E-state index contributed by atoms with van der Waals surface area (Å²) >= 11 is 0. The van der Waals surface area contributed by atoms with Crippen molar-refractivity contribution in [2.75, 3.05) is 0 Å². The van der Waals surface area contributed by atoms with Crippen LogP contribution in [0.15, 0.2) is 12.2 Å². The minimum atomic E-state index is -0.713. The first-order valence-electron chi connectivity index (χ1n) is 6.05. The number of aliphatic carboxylic acids is 1. The van der Waals surface area contributed by atoms with Gasteiger partial charge in [-0.05, 0) is 18.8 Å². The highest BCUT2D eigenvalue weighted by Gasteiger charge is 2.02. The summed E-state index contributed by atoms with van der Waals surface area (Å²) in [7, 11) is 0. The van der Waals surface area contributed by atoms with Gasteiger partial charge in [0.1, 0.15) is 0 Å². The smallest absolute Gasteiger partial charge is 0.303 e. The second-order valence-corrected chi connectivity index (χ2v) is 4.21. The summed E-state index contributed by atoms with van der Waals surface area (Å²) in [5.41, 5.74) is 0. The van der Waals surface area contributed by atoms with Crippen LogP contribution in [-0.2, 0) is 4.79 Å². The summed E-state index contributed by atoms with van der Waals surface area (Å²) in [6.45, 7) is 4.16. The molecule has 15 heavy (non-hydrogen) atoms. The minimum Gasteiger partial charge on any atom is -0.481 e. The van der Waals surface area contributed by atoms with Crippen LogP contribution in [0.25, 0.3) is 0 Å². The zero-order valence-electron chi connectivity index (χ0n) is 10.0. The Labute approximate surface area is 93.4 Å². The van der Waals surface area contributed by atoms with Gasteiger partial charge >= 0.3 is 5.97 Å². The predicted octanol–water partition coefficient (Wildman–Crippen LogP) is 4.01. The van der Waals surface area contributed by atoms with E-state index in [0.29, 0.717) is 0 Å². The number of rotatable bonds is 9. The largest absolute Gasteiger partial charge is 0.481 e. The van der Waals surface area contributed by atoms with E-state index in [-0.39, 0.29) is 12.3 Å². The molecule has 0 fully saturated rings. The second kappa shape index (κ2) is 9.75. The van der Waals surface area contributed by atoms with Gasteiger partial charge in [-0.1, -0.05) is 51.7 Å². The summed E-state index contributed by atoms with van der Waals surface area (Å²) in [5, 5.41) is 8.55. The third-order valence-electron chi connectivity index (χ3n) is 2.44. The van der Waals surface area contributed by atoms with E-state index < -0.39 is 5.97 Å². The van der Waals surface area contributed by atoms with E-state index in [1.165, 1.54) is 32.1 Å². The molecule has 0 bridgehead atoms. The van der Waals surface area contributed by atoms with Gasteiger partial charge in [-0.2, -0.15) is 0 Å². The third kappa shape index (κ3) is 11.1. The van der Waals surface area contributed by atoms with E-state index in [2.05, 4.69) is 13.0 Å². The molecule has 0 amide bonds. The summed E-state index contributed by atoms with van der Waals surface area (Å²) in [5.74, 6) is -0.548. The first kappa shape index (κ1) is 14.2. The number of hydrogen-bond donors (Lipinski definition) is 1. The van der Waals surface area contributed by atoms with Crippen molar-refractivity contribution in [2.45, 2.75) is 58.8 Å². The van der Waals surface area contributed by atoms with Gasteiger partial charge in [-0.25, -0.2) is 0 Å². The highest BCUT2D eigenvalue weighted by molar-refractivity contribution is 5.67. The number of carbonyl (C=O) groups is 1. The van der Waals surface area contributed by atoms with Crippen LogP contribution in [0.5, 0.6) is 0 Å². The van der Waals surface area contributed by atoms with Gasteiger partial charge < -0.3 is 5.11 Å². The maximum absolute atomic E-state index is 10.4. The van der Waals surface area contributed by atoms with Crippen molar-refractivity contribution >= 4 is 5.97 Å². The van der Waals surface area contributed by atoms with Gasteiger partial charge in [-0.15, -0.1) is 0 Å². The van der Waals surface area contributed by atoms with Crippen molar-refractivity contribution in [3.8, 4) is 0 Å². The fraction of sp³-hybridized carbons (Fsp3) is 0.769. The Morgan fingerprint density at radius 3 is 2.53 bits per heavy atom. The number of carboxylic acids is 1. The van der Waals surface area contributed by atoms with E-state index in [4.69, 9.17) is 5.11 Å². The molecular formula is C13H24O2. The Morgan fingerprint density at radius 2 is 1.93 bits per heavy atom. The summed E-state index contributed by atoms with van der Waals surface area (Å²) < 4.78 is 0. The standard InChI is InChI=1S/C13H24O2/c1-3-4-5-6-7-8-9-10-12(2)11-13(14)15/h9-10,12H,3-8,11H2,1-2H3,(H,14,15)/b10-9-. The molecule has 0 aromatic rings. The molecule has 2 nitrogen and oxygen atoms in total. The van der Waals surface area contributed by atoms with Crippen LogP contribution >= 0.6 is 0 Å². The Bertz CT molecular complexity index is 185. The minimum absolute atomic E-state index is 0.165. The number of hydrogen-bond acceptors (Lipinski definition) is 1. The van der Waals surface area contributed by atoms with E-state index >= 15 is 0 Å². The summed E-state index contributed by atoms with van der Waals surface area (Å²) in [4.78, 5) is 10.4. The van der Waals surface area contributed by atoms with Gasteiger partial charge in [0.05, 0.1) is 6.42 Å². The molecule has 88 valence electrons. The van der Waals surface area contributed by atoms with Crippen molar-refractivity contribution in [1.82, 2.24) is 0 Å². The Balaban J connectivity index is 3.33. The van der Waals surface area contributed by atoms with Gasteiger partial charge in [0, 0.05) is 0 Å². The Morgan fingerprint density at radius 1 is 1.27 bits per heavy atom. The molecule has 0 aromatic carbocycles. The van der Waals surface area contributed by atoms with Crippen LogP contribution in [0.1, 0.15) is 58.8 Å². The molecule has 1 unspecified atom stereocenters. The maximum atomic E-state index is 10.4. The SMILES string of the molecule is CCCCCCC/C=C\C(C)CC(=O)O. The lowest BCUT2D eigenvalue weighted by Gasteiger charge is -2.01. The molecule has 0 heterocycles. The molecule has 0 saturated heterocycles. The lowest BCUT2D eigenvalue weighted by molar-refractivity contribution is -0.137. The van der Waals surface area contributed by atoms with Gasteiger partial charge in [-0.3, -0.25) is 4.79 Å². The third-order valence-corrected chi connectivity index (χ3v) is 2.44. The second-order valence-electron chi connectivity index (χ2n) is 4.21. The average molecular weight is 212 g/mol. The van der Waals surface area contributed by atoms with Crippen LogP contribution < -0.4 is 0 Å². The zero-order valence-corrected chi connectivity index (χ0v) is 10.0. The molecule has 1 N–H and O–H groups in total. The molecule has 0 aromatic heterocycles. The first-order chi connectivity index (χ1) is 7.16.